The Bertz CT molecular complexity index is 198. The first-order valence-corrected chi connectivity index (χ1v) is 11.2. The molecule has 0 atom stereocenters. The fraction of sp³-hybridized carbons (Fsp3) is 0.556. The van der Waals surface area contributed by atoms with E-state index < -0.39 is 19.7 Å². The minimum Gasteiger partial charge on any atom is -0.109 e. The molecule has 0 rings (SSSR count). The maximum absolute atomic E-state index is 6.47. The van der Waals surface area contributed by atoms with Gasteiger partial charge in [-0.3, -0.25) is 0 Å². The Hall–Kier alpha value is 0.494. The van der Waals surface area contributed by atoms with Gasteiger partial charge in [-0.1, -0.05) is 37.6 Å². The summed E-state index contributed by atoms with van der Waals surface area (Å²) in [6, 6.07) is 0. The summed E-state index contributed by atoms with van der Waals surface area (Å²) in [6.45, 7) is 16.2. The lowest BCUT2D eigenvalue weighted by Gasteiger charge is -2.42. The Kier molecular flexibility index (Phi) is 4.08. The van der Waals surface area contributed by atoms with Crippen LogP contribution in [0.25, 0.3) is 0 Å². The lowest BCUT2D eigenvalue weighted by Crippen LogP contribution is -2.60. The summed E-state index contributed by atoms with van der Waals surface area (Å²) in [5.74, 6) is 0. The maximum Gasteiger partial charge on any atom is 0.110 e. The summed E-state index contributed by atoms with van der Waals surface area (Å²) >= 11 is 12.9. The van der Waals surface area contributed by atoms with Gasteiger partial charge >= 0.3 is 0 Å². The molecule has 0 aliphatic carbocycles. The fourth-order valence-electron chi connectivity index (χ4n) is 1.09. The van der Waals surface area contributed by atoms with Crippen molar-refractivity contribution in [2.75, 3.05) is 0 Å². The van der Waals surface area contributed by atoms with Gasteiger partial charge < -0.3 is 0 Å². The van der Waals surface area contributed by atoms with Crippen LogP contribution in [0.1, 0.15) is 0 Å². The molecule has 0 saturated carbocycles. The van der Waals surface area contributed by atoms with E-state index in [1.165, 1.54) is 0 Å². The molecular weight excluding hydrogens is 235 g/mol. The molecule has 0 aromatic carbocycles. The Balaban J connectivity index is 5.18. The molecule has 0 aliphatic heterocycles. The summed E-state index contributed by atoms with van der Waals surface area (Å²) in [5.41, 5.74) is 3.90. The minimum absolute atomic E-state index is 0.622. The topological polar surface area (TPSA) is 0 Å². The van der Waals surface area contributed by atoms with Gasteiger partial charge in [0.2, 0.25) is 0 Å². The zero-order chi connectivity index (χ0) is 10.9. The van der Waals surface area contributed by atoms with Crippen LogP contribution in [0.5, 0.6) is 0 Å². The minimum atomic E-state index is -1.78. The highest BCUT2D eigenvalue weighted by atomic mass is 35.5. The van der Waals surface area contributed by atoms with E-state index in [-0.39, 0.29) is 0 Å². The number of alkyl halides is 2. The van der Waals surface area contributed by atoms with Crippen molar-refractivity contribution >= 4 is 39.3 Å². The van der Waals surface area contributed by atoms with Crippen molar-refractivity contribution in [3.63, 3.8) is 0 Å². The molecule has 0 aromatic heterocycles. The van der Waals surface area contributed by atoms with E-state index in [0.717, 1.165) is 0 Å². The van der Waals surface area contributed by atoms with Crippen molar-refractivity contribution in [3.05, 3.63) is 24.6 Å². The molecule has 0 radical (unpaired) electrons. The van der Waals surface area contributed by atoms with Crippen LogP contribution in [-0.2, 0) is 0 Å². The Morgan fingerprint density at radius 3 is 1.31 bits per heavy atom. The van der Waals surface area contributed by atoms with Crippen molar-refractivity contribution < 1.29 is 0 Å². The average Bonchev–Trinajstić information content (AvgIpc) is 2.03. The predicted molar refractivity (Wildman–Crippen MR) is 69.8 cm³/mol. The molecule has 0 nitrogen and oxygen atoms in total. The van der Waals surface area contributed by atoms with Crippen LogP contribution >= 0.6 is 23.2 Å². The van der Waals surface area contributed by atoms with Crippen molar-refractivity contribution in [2.24, 2.45) is 0 Å². The second kappa shape index (κ2) is 3.93. The van der Waals surface area contributed by atoms with Gasteiger partial charge in [0.25, 0.3) is 0 Å². The molecule has 0 amide bonds. The SMILES string of the molecule is C=C[Si](C)(C)C(Cl)(Cl)[Si](C)(C)C=C. The van der Waals surface area contributed by atoms with Crippen molar-refractivity contribution in [1.82, 2.24) is 0 Å². The largest absolute Gasteiger partial charge is 0.110 e. The summed E-state index contributed by atoms with van der Waals surface area (Å²) in [7, 11) is -3.55. The van der Waals surface area contributed by atoms with E-state index >= 15 is 0 Å². The first-order valence-electron chi connectivity index (χ1n) is 4.27. The monoisotopic (exact) mass is 252 g/mol. The van der Waals surface area contributed by atoms with E-state index in [1.54, 1.807) is 0 Å². The molecule has 0 heterocycles. The van der Waals surface area contributed by atoms with Gasteiger partial charge in [0.15, 0.2) is 0 Å². The molecular formula is C9H18Cl2Si2. The van der Waals surface area contributed by atoms with Gasteiger partial charge in [0.1, 0.15) is 19.7 Å². The van der Waals surface area contributed by atoms with Crippen LogP contribution in [0.2, 0.25) is 26.2 Å². The van der Waals surface area contributed by atoms with E-state index in [9.17, 15) is 0 Å². The van der Waals surface area contributed by atoms with Gasteiger partial charge in [-0.2, -0.15) is 0 Å². The van der Waals surface area contributed by atoms with Gasteiger partial charge in [-0.15, -0.1) is 36.4 Å². The second-order valence-electron chi connectivity index (χ2n) is 4.43. The van der Waals surface area contributed by atoms with E-state index in [2.05, 4.69) is 39.3 Å². The highest BCUT2D eigenvalue weighted by Gasteiger charge is 2.52. The van der Waals surface area contributed by atoms with Crippen molar-refractivity contribution in [3.8, 4) is 0 Å². The van der Waals surface area contributed by atoms with Gasteiger partial charge in [-0.25, -0.2) is 0 Å². The van der Waals surface area contributed by atoms with Crippen molar-refractivity contribution in [1.29, 1.82) is 0 Å². The number of hydrogen-bond donors (Lipinski definition) is 0. The van der Waals surface area contributed by atoms with Gasteiger partial charge in [0.05, 0.1) is 0 Å². The fourth-order valence-corrected chi connectivity index (χ4v) is 9.78. The predicted octanol–water partition coefficient (Wildman–Crippen LogP) is 4.11. The summed E-state index contributed by atoms with van der Waals surface area (Å²) in [5, 5.41) is 0. The quantitative estimate of drug-likeness (QED) is 0.522. The third-order valence-corrected chi connectivity index (χ3v) is 17.6. The van der Waals surface area contributed by atoms with E-state index in [0.29, 0.717) is 0 Å². The van der Waals surface area contributed by atoms with Gasteiger partial charge in [-0.05, 0) is 0 Å². The molecule has 0 unspecified atom stereocenters. The first kappa shape index (κ1) is 13.5. The standard InChI is InChI=1S/C9H18Cl2Si2/c1-7-12(3,4)9(10,11)13(5,6)8-2/h7-8H,1-2H2,3-6H3. The molecule has 0 spiro atoms. The number of hydrogen-bond acceptors (Lipinski definition) is 0. The molecule has 0 saturated heterocycles. The Labute approximate surface area is 93.6 Å². The zero-order valence-electron chi connectivity index (χ0n) is 8.82. The van der Waals surface area contributed by atoms with Crippen LogP contribution in [0.4, 0.5) is 0 Å². The third-order valence-electron chi connectivity index (χ3n) is 2.64. The number of halogens is 2. The van der Waals surface area contributed by atoms with E-state index in [1.807, 2.05) is 11.4 Å². The highest BCUT2D eigenvalue weighted by Crippen LogP contribution is 2.41. The second-order valence-corrected chi connectivity index (χ2v) is 16.7. The lowest BCUT2D eigenvalue weighted by atomic mass is 11.3. The maximum atomic E-state index is 6.47. The Morgan fingerprint density at radius 1 is 0.923 bits per heavy atom. The normalized spacial score (nSPS) is 14.0. The molecule has 0 aromatic rings. The van der Waals surface area contributed by atoms with E-state index in [4.69, 9.17) is 23.2 Å². The molecule has 0 N–H and O–H groups in total. The summed E-state index contributed by atoms with van der Waals surface area (Å²) in [4.78, 5) is 0. The van der Waals surface area contributed by atoms with Gasteiger partial charge in [0, 0.05) is 0 Å². The lowest BCUT2D eigenvalue weighted by molar-refractivity contribution is 1.40. The first-order chi connectivity index (χ1) is 5.62. The van der Waals surface area contributed by atoms with Crippen LogP contribution in [0, 0.1) is 0 Å². The molecule has 0 fully saturated rings. The van der Waals surface area contributed by atoms with Crippen LogP contribution in [0.3, 0.4) is 0 Å². The third kappa shape index (κ3) is 2.29. The van der Waals surface area contributed by atoms with Crippen LogP contribution in [-0.4, -0.2) is 19.7 Å². The van der Waals surface area contributed by atoms with Crippen LogP contribution in [0.15, 0.2) is 24.6 Å². The smallest absolute Gasteiger partial charge is 0.109 e. The Morgan fingerprint density at radius 2 is 1.15 bits per heavy atom. The summed E-state index contributed by atoms with van der Waals surface area (Å²) < 4.78 is -0.622. The molecule has 0 aliphatic rings. The zero-order valence-corrected chi connectivity index (χ0v) is 12.3. The molecule has 13 heavy (non-hydrogen) atoms. The molecule has 76 valence electrons. The summed E-state index contributed by atoms with van der Waals surface area (Å²) in [6.07, 6.45) is 0. The number of rotatable bonds is 4. The average molecular weight is 253 g/mol. The highest BCUT2D eigenvalue weighted by molar-refractivity contribution is 7.17. The molecule has 4 heteroatoms. The molecule has 0 bridgehead atoms. The van der Waals surface area contributed by atoms with Crippen molar-refractivity contribution in [2.45, 2.75) is 29.8 Å². The van der Waals surface area contributed by atoms with Crippen LogP contribution < -0.4 is 0 Å².